The Morgan fingerprint density at radius 1 is 1.29 bits per heavy atom. The van der Waals surface area contributed by atoms with Crippen LogP contribution < -0.4 is 20.1 Å². The second kappa shape index (κ2) is 8.29. The van der Waals surface area contributed by atoms with Gasteiger partial charge in [-0.25, -0.2) is 18.6 Å². The zero-order valence-corrected chi connectivity index (χ0v) is 18.0. The average Bonchev–Trinajstić information content (AvgIpc) is 3.07. The van der Waals surface area contributed by atoms with Gasteiger partial charge < -0.3 is 25.2 Å². The van der Waals surface area contributed by atoms with Crippen molar-refractivity contribution in [1.29, 1.82) is 0 Å². The Morgan fingerprint density at radius 2 is 2.10 bits per heavy atom. The summed E-state index contributed by atoms with van der Waals surface area (Å²) in [4.78, 5) is 8.68. The number of nitrogens with zero attached hydrogens (tertiary/aromatic N) is 2. The molecule has 3 atom stereocenters. The number of fused-ring (bicyclic) bond motifs is 1. The van der Waals surface area contributed by atoms with Crippen LogP contribution in [-0.2, 0) is 9.71 Å². The Hall–Kier alpha value is -2.95. The van der Waals surface area contributed by atoms with Crippen molar-refractivity contribution in [2.24, 2.45) is 0 Å². The van der Waals surface area contributed by atoms with E-state index >= 15 is 0 Å². The van der Waals surface area contributed by atoms with Crippen molar-refractivity contribution in [2.45, 2.75) is 19.1 Å². The lowest BCUT2D eigenvalue weighted by Gasteiger charge is -2.20. The molecule has 31 heavy (non-hydrogen) atoms. The van der Waals surface area contributed by atoms with Gasteiger partial charge in [-0.15, -0.1) is 0 Å². The van der Waals surface area contributed by atoms with Crippen molar-refractivity contribution in [3.8, 4) is 5.75 Å². The summed E-state index contributed by atoms with van der Waals surface area (Å²) < 4.78 is 34.7. The summed E-state index contributed by atoms with van der Waals surface area (Å²) in [6.07, 6.45) is 1.78. The largest absolute Gasteiger partial charge is 0.484 e. The van der Waals surface area contributed by atoms with Gasteiger partial charge in [0.05, 0.1) is 11.2 Å². The third-order valence-corrected chi connectivity index (χ3v) is 5.54. The number of halogens is 1. The van der Waals surface area contributed by atoms with Crippen LogP contribution >= 0.6 is 0 Å². The molecule has 1 fully saturated rings. The molecule has 1 aliphatic heterocycles. The quantitative estimate of drug-likeness (QED) is 0.431. The minimum atomic E-state index is -2.43. The first-order valence-electron chi connectivity index (χ1n) is 9.67. The van der Waals surface area contributed by atoms with Gasteiger partial charge in [-0.05, 0) is 42.6 Å². The van der Waals surface area contributed by atoms with E-state index in [2.05, 4.69) is 31.2 Å². The molecule has 3 aromatic rings. The third kappa shape index (κ3) is 4.87. The van der Waals surface area contributed by atoms with E-state index in [9.17, 15) is 13.7 Å². The van der Waals surface area contributed by atoms with Gasteiger partial charge in [-0.3, -0.25) is 0 Å². The van der Waals surface area contributed by atoms with Gasteiger partial charge in [-0.2, -0.15) is 0 Å². The lowest BCUT2D eigenvalue weighted by molar-refractivity contribution is 0.0740. The SMILES string of the molecule is C=S(C)(=O)Nc1cc(C)c2c(Nc3ccc(F)cc3OC3CNCC3O)ncnc2c1. The summed E-state index contributed by atoms with van der Waals surface area (Å²) in [6.45, 7) is 2.78. The van der Waals surface area contributed by atoms with Crippen LogP contribution in [0.2, 0.25) is 0 Å². The van der Waals surface area contributed by atoms with E-state index in [-0.39, 0.29) is 5.75 Å². The molecule has 8 nitrogen and oxygen atoms in total. The smallest absolute Gasteiger partial charge is 0.146 e. The first-order valence-corrected chi connectivity index (χ1v) is 11.8. The predicted octanol–water partition coefficient (Wildman–Crippen LogP) is 2.21. The topological polar surface area (TPSA) is 108 Å². The summed E-state index contributed by atoms with van der Waals surface area (Å²) in [7, 11) is -2.43. The highest BCUT2D eigenvalue weighted by Gasteiger charge is 2.27. The summed E-state index contributed by atoms with van der Waals surface area (Å²) in [5.41, 5.74) is 2.65. The number of aliphatic hydroxyl groups excluding tert-OH is 1. The molecule has 0 saturated carbocycles. The van der Waals surface area contributed by atoms with Crippen LogP contribution in [0.1, 0.15) is 5.56 Å². The highest BCUT2D eigenvalue weighted by Crippen LogP contribution is 2.34. The fourth-order valence-electron chi connectivity index (χ4n) is 3.54. The van der Waals surface area contributed by atoms with Crippen molar-refractivity contribution in [3.63, 3.8) is 0 Å². The monoisotopic (exact) mass is 445 g/mol. The highest BCUT2D eigenvalue weighted by molar-refractivity contribution is 8.00. The van der Waals surface area contributed by atoms with Crippen molar-refractivity contribution in [2.75, 3.05) is 29.4 Å². The molecule has 2 heterocycles. The number of aliphatic hydroxyl groups is 1. The number of nitrogens with one attached hydrogen (secondary N) is 3. The summed E-state index contributed by atoms with van der Waals surface area (Å²) in [5, 5.41) is 17.0. The molecule has 0 aliphatic carbocycles. The molecule has 0 bridgehead atoms. The maximum absolute atomic E-state index is 13.9. The van der Waals surface area contributed by atoms with Crippen LogP contribution in [0.3, 0.4) is 0 Å². The van der Waals surface area contributed by atoms with Crippen LogP contribution in [0.5, 0.6) is 5.75 Å². The first kappa shape index (κ1) is 21.3. The number of ether oxygens (including phenoxy) is 1. The fraction of sp³-hybridized carbons (Fsp3) is 0.286. The zero-order chi connectivity index (χ0) is 22.2. The molecular formula is C21H24FN5O3S. The van der Waals surface area contributed by atoms with E-state index in [1.807, 2.05) is 13.0 Å². The minimum absolute atomic E-state index is 0.276. The van der Waals surface area contributed by atoms with Crippen LogP contribution in [0.15, 0.2) is 36.7 Å². The van der Waals surface area contributed by atoms with E-state index in [0.29, 0.717) is 35.8 Å². The van der Waals surface area contributed by atoms with Gasteiger partial charge in [0, 0.05) is 46.2 Å². The number of benzene rings is 2. The molecule has 1 aliphatic rings. The number of aryl methyl sites for hydroxylation is 1. The highest BCUT2D eigenvalue weighted by atomic mass is 32.2. The summed E-state index contributed by atoms with van der Waals surface area (Å²) >= 11 is 0. The second-order valence-corrected chi connectivity index (χ2v) is 9.88. The maximum atomic E-state index is 13.9. The minimum Gasteiger partial charge on any atom is -0.484 e. The number of hydrogen-bond acceptors (Lipinski definition) is 7. The molecule has 3 unspecified atom stereocenters. The number of aromatic nitrogens is 2. The molecule has 1 saturated heterocycles. The standard InChI is InChI=1S/C21H24FN5O3S/c1-12-6-14(27-31(2,3)29)8-16-20(12)21(25-11-24-16)26-15-5-4-13(22)7-18(15)30-19-10-23-9-17(19)28/h4-8,11,17,19,23,28H,2,9-10H2,1,3H3,(H,27,29)(H,24,25,26). The van der Waals surface area contributed by atoms with E-state index in [4.69, 9.17) is 4.74 Å². The molecule has 1 aromatic heterocycles. The van der Waals surface area contributed by atoms with Crippen molar-refractivity contribution in [3.05, 3.63) is 48.0 Å². The zero-order valence-electron chi connectivity index (χ0n) is 17.2. The molecule has 0 amide bonds. The van der Waals surface area contributed by atoms with Gasteiger partial charge in [0.1, 0.15) is 35.9 Å². The van der Waals surface area contributed by atoms with Gasteiger partial charge in [0.2, 0.25) is 0 Å². The molecule has 164 valence electrons. The Morgan fingerprint density at radius 3 is 2.81 bits per heavy atom. The van der Waals surface area contributed by atoms with Crippen LogP contribution in [-0.4, -0.2) is 56.7 Å². The van der Waals surface area contributed by atoms with Crippen molar-refractivity contribution in [1.82, 2.24) is 15.3 Å². The summed E-state index contributed by atoms with van der Waals surface area (Å²) in [5.74, 6) is 3.96. The van der Waals surface area contributed by atoms with E-state index in [0.717, 1.165) is 10.9 Å². The maximum Gasteiger partial charge on any atom is 0.146 e. The van der Waals surface area contributed by atoms with Crippen LogP contribution in [0, 0.1) is 12.7 Å². The van der Waals surface area contributed by atoms with Crippen LogP contribution in [0.25, 0.3) is 10.9 Å². The fourth-order valence-corrected chi connectivity index (χ4v) is 4.16. The van der Waals surface area contributed by atoms with Crippen molar-refractivity contribution < 1.29 is 18.4 Å². The number of anilines is 3. The van der Waals surface area contributed by atoms with E-state index in [1.165, 1.54) is 24.7 Å². The lowest BCUT2D eigenvalue weighted by atomic mass is 10.1. The number of β-amino-alcohol motifs (C(OH)–C–C–N with tert-alkyl or cyclic N) is 1. The number of rotatable bonds is 6. The second-order valence-electron chi connectivity index (χ2n) is 7.66. The molecule has 4 rings (SSSR count). The summed E-state index contributed by atoms with van der Waals surface area (Å²) in [6, 6.07) is 7.77. The lowest BCUT2D eigenvalue weighted by Crippen LogP contribution is -2.30. The van der Waals surface area contributed by atoms with Gasteiger partial charge in [0.25, 0.3) is 0 Å². The molecule has 2 aromatic carbocycles. The normalized spacial score (nSPS) is 20.4. The van der Waals surface area contributed by atoms with Gasteiger partial charge >= 0.3 is 0 Å². The molecule has 0 radical (unpaired) electrons. The number of hydrogen-bond donors (Lipinski definition) is 4. The predicted molar refractivity (Wildman–Crippen MR) is 122 cm³/mol. The Bertz CT molecular complexity index is 1240. The van der Waals surface area contributed by atoms with Gasteiger partial charge in [-0.1, -0.05) is 0 Å². The Labute approximate surface area is 180 Å². The molecule has 0 spiro atoms. The molecule has 4 N–H and O–H groups in total. The average molecular weight is 446 g/mol. The third-order valence-electron chi connectivity index (χ3n) is 4.87. The van der Waals surface area contributed by atoms with E-state index < -0.39 is 27.7 Å². The Balaban J connectivity index is 1.70. The molecular weight excluding hydrogens is 421 g/mol. The van der Waals surface area contributed by atoms with Crippen molar-refractivity contribution >= 4 is 43.7 Å². The van der Waals surface area contributed by atoms with E-state index in [1.54, 1.807) is 12.1 Å². The first-order chi connectivity index (χ1) is 14.7. The van der Waals surface area contributed by atoms with Crippen LogP contribution in [0.4, 0.5) is 21.6 Å². The molecule has 10 heteroatoms. The van der Waals surface area contributed by atoms with Gasteiger partial charge in [0.15, 0.2) is 0 Å². The Kier molecular flexibility index (Phi) is 5.69.